The average Bonchev–Trinajstić information content (AvgIpc) is 3.07. The van der Waals surface area contributed by atoms with Crippen LogP contribution in [0.5, 0.6) is 0 Å². The number of imidazole rings is 1. The summed E-state index contributed by atoms with van der Waals surface area (Å²) < 4.78 is 31.0. The van der Waals surface area contributed by atoms with Crippen molar-refractivity contribution in [1.29, 1.82) is 0 Å². The van der Waals surface area contributed by atoms with Crippen molar-refractivity contribution in [1.82, 2.24) is 9.13 Å². The molecule has 0 spiro atoms. The maximum absolute atomic E-state index is 13.4. The highest BCUT2D eigenvalue weighted by molar-refractivity contribution is 7.71. The summed E-state index contributed by atoms with van der Waals surface area (Å²) in [6.45, 7) is 1.21. The Morgan fingerprint density at radius 2 is 1.43 bits per heavy atom. The number of hydrogen-bond donors (Lipinski definition) is 1. The summed E-state index contributed by atoms with van der Waals surface area (Å²) in [4.78, 5) is 0. The maximum atomic E-state index is 13.4. The molecule has 0 aliphatic carbocycles. The molecule has 0 aliphatic rings. The van der Waals surface area contributed by atoms with Crippen LogP contribution in [0.3, 0.4) is 0 Å². The number of nitrogens with zero attached hydrogens (tertiary/aromatic N) is 2. The minimum atomic E-state index is -0.293. The maximum Gasteiger partial charge on any atom is 0.185 e. The van der Waals surface area contributed by atoms with Crippen LogP contribution < -0.4 is 5.32 Å². The van der Waals surface area contributed by atoms with Gasteiger partial charge in [-0.2, -0.15) is 0 Å². The van der Waals surface area contributed by atoms with E-state index in [2.05, 4.69) is 5.32 Å². The molecular weight excluding hydrogens is 424 g/mol. The number of anilines is 1. The van der Waals surface area contributed by atoms with E-state index < -0.39 is 0 Å². The molecule has 0 aliphatic heterocycles. The molecule has 0 bridgehead atoms. The fourth-order valence-corrected chi connectivity index (χ4v) is 3.68. The van der Waals surface area contributed by atoms with E-state index in [1.165, 1.54) is 24.3 Å². The van der Waals surface area contributed by atoms with E-state index in [1.807, 2.05) is 27.5 Å². The molecule has 1 N–H and O–H groups in total. The summed E-state index contributed by atoms with van der Waals surface area (Å²) in [7, 11) is 0. The number of hydrogen-bond acceptors (Lipinski definition) is 2. The molecule has 30 heavy (non-hydrogen) atoms. The molecule has 0 saturated carbocycles. The SMILES string of the molecule is Fc1ccc(NCCn2cc(-c3ccc(F)cc3)n(-c3ccc(Cl)cc3)c2=S)cc1. The molecule has 4 rings (SSSR count). The molecule has 4 aromatic rings. The van der Waals surface area contributed by atoms with Gasteiger partial charge in [-0.25, -0.2) is 8.78 Å². The minimum absolute atomic E-state index is 0.272. The topological polar surface area (TPSA) is 21.9 Å². The molecule has 7 heteroatoms. The van der Waals surface area contributed by atoms with Crippen LogP contribution in [0.4, 0.5) is 14.5 Å². The van der Waals surface area contributed by atoms with Crippen LogP contribution in [0.15, 0.2) is 79.0 Å². The van der Waals surface area contributed by atoms with Gasteiger partial charge in [0, 0.05) is 41.2 Å². The highest BCUT2D eigenvalue weighted by atomic mass is 35.5. The third-order valence-electron chi connectivity index (χ3n) is 4.71. The first kappa shape index (κ1) is 20.3. The van der Waals surface area contributed by atoms with Gasteiger partial charge in [0.25, 0.3) is 0 Å². The Morgan fingerprint density at radius 3 is 2.07 bits per heavy atom. The van der Waals surface area contributed by atoms with Crippen molar-refractivity contribution in [3.05, 3.63) is 100 Å². The predicted octanol–water partition coefficient (Wildman–Crippen LogP) is 6.72. The molecule has 0 fully saturated rings. The lowest BCUT2D eigenvalue weighted by atomic mass is 10.1. The lowest BCUT2D eigenvalue weighted by molar-refractivity contribution is 0.627. The smallest absolute Gasteiger partial charge is 0.185 e. The number of aromatic nitrogens is 2. The fraction of sp³-hybridized carbons (Fsp3) is 0.0870. The first-order chi connectivity index (χ1) is 14.5. The Morgan fingerprint density at radius 1 is 0.833 bits per heavy atom. The normalized spacial score (nSPS) is 10.9. The van der Waals surface area contributed by atoms with Crippen LogP contribution in [0.1, 0.15) is 0 Å². The number of nitrogens with one attached hydrogen (secondary N) is 1. The first-order valence-electron chi connectivity index (χ1n) is 9.35. The number of halogens is 3. The van der Waals surface area contributed by atoms with Crippen molar-refractivity contribution in [3.8, 4) is 16.9 Å². The molecule has 0 radical (unpaired) electrons. The van der Waals surface area contributed by atoms with Crippen LogP contribution >= 0.6 is 23.8 Å². The van der Waals surface area contributed by atoms with Crippen molar-refractivity contribution in [2.75, 3.05) is 11.9 Å². The molecule has 3 aromatic carbocycles. The van der Waals surface area contributed by atoms with Crippen LogP contribution in [-0.2, 0) is 6.54 Å². The van der Waals surface area contributed by atoms with Crippen molar-refractivity contribution in [2.45, 2.75) is 6.54 Å². The summed E-state index contributed by atoms with van der Waals surface area (Å²) in [6, 6.07) is 19.9. The molecule has 152 valence electrons. The zero-order chi connectivity index (χ0) is 21.1. The number of benzene rings is 3. The molecular formula is C23H18ClF2N3S. The second kappa shape index (κ2) is 8.81. The molecule has 0 saturated heterocycles. The average molecular weight is 442 g/mol. The van der Waals surface area contributed by atoms with Gasteiger partial charge >= 0.3 is 0 Å². The third kappa shape index (κ3) is 4.45. The monoisotopic (exact) mass is 441 g/mol. The molecule has 1 heterocycles. The van der Waals surface area contributed by atoms with Crippen LogP contribution in [0.25, 0.3) is 16.9 Å². The van der Waals surface area contributed by atoms with Gasteiger partial charge in [-0.15, -0.1) is 0 Å². The molecule has 0 unspecified atom stereocenters. The van der Waals surface area contributed by atoms with E-state index in [1.54, 1.807) is 36.4 Å². The Kier molecular flexibility index (Phi) is 5.97. The van der Waals surface area contributed by atoms with E-state index >= 15 is 0 Å². The highest BCUT2D eigenvalue weighted by Gasteiger charge is 2.13. The summed E-state index contributed by atoms with van der Waals surface area (Å²) in [5, 5.41) is 3.90. The summed E-state index contributed by atoms with van der Waals surface area (Å²) in [6.07, 6.45) is 1.95. The van der Waals surface area contributed by atoms with Gasteiger partial charge in [0.1, 0.15) is 11.6 Å². The molecule has 3 nitrogen and oxygen atoms in total. The zero-order valence-electron chi connectivity index (χ0n) is 15.9. The molecule has 1 aromatic heterocycles. The standard InChI is InChI=1S/C23H18ClF2N3S/c24-17-3-11-21(12-4-17)29-22(16-1-5-18(25)6-2-16)15-28(23(29)30)14-13-27-20-9-7-19(26)8-10-20/h1-12,15,27H,13-14H2. The van der Waals surface area contributed by atoms with E-state index in [9.17, 15) is 8.78 Å². The quantitative estimate of drug-likeness (QED) is 0.335. The van der Waals surface area contributed by atoms with Gasteiger partial charge in [-0.1, -0.05) is 11.6 Å². The Bertz CT molecular complexity index is 1200. The van der Waals surface area contributed by atoms with E-state index in [4.69, 9.17) is 23.8 Å². The van der Waals surface area contributed by atoms with Gasteiger partial charge in [-0.3, -0.25) is 4.57 Å². The zero-order valence-corrected chi connectivity index (χ0v) is 17.4. The molecule has 0 amide bonds. The predicted molar refractivity (Wildman–Crippen MR) is 120 cm³/mol. The Balaban J connectivity index is 1.66. The second-order valence-corrected chi connectivity index (χ2v) is 7.54. The van der Waals surface area contributed by atoms with Crippen LogP contribution in [0, 0.1) is 16.4 Å². The summed E-state index contributed by atoms with van der Waals surface area (Å²) in [5.41, 5.74) is 3.40. The van der Waals surface area contributed by atoms with Crippen LogP contribution in [-0.4, -0.2) is 15.7 Å². The van der Waals surface area contributed by atoms with Gasteiger partial charge in [0.15, 0.2) is 4.77 Å². The van der Waals surface area contributed by atoms with Crippen molar-refractivity contribution in [2.24, 2.45) is 0 Å². The first-order valence-corrected chi connectivity index (χ1v) is 10.1. The lowest BCUT2D eigenvalue weighted by Crippen LogP contribution is -2.10. The Hall–Kier alpha value is -2.96. The number of rotatable bonds is 6. The largest absolute Gasteiger partial charge is 0.383 e. The summed E-state index contributed by atoms with van der Waals surface area (Å²) in [5.74, 6) is -0.565. The lowest BCUT2D eigenvalue weighted by Gasteiger charge is -2.09. The minimum Gasteiger partial charge on any atom is -0.383 e. The van der Waals surface area contributed by atoms with Crippen molar-refractivity contribution in [3.63, 3.8) is 0 Å². The van der Waals surface area contributed by atoms with E-state index in [0.29, 0.717) is 22.9 Å². The van der Waals surface area contributed by atoms with E-state index in [-0.39, 0.29) is 11.6 Å². The second-order valence-electron chi connectivity index (χ2n) is 6.74. The fourth-order valence-electron chi connectivity index (χ4n) is 3.20. The van der Waals surface area contributed by atoms with Crippen LogP contribution in [0.2, 0.25) is 5.02 Å². The van der Waals surface area contributed by atoms with Gasteiger partial charge in [-0.05, 0) is 85.0 Å². The van der Waals surface area contributed by atoms with Crippen molar-refractivity contribution < 1.29 is 8.78 Å². The van der Waals surface area contributed by atoms with Gasteiger partial charge in [0.05, 0.1) is 5.69 Å². The highest BCUT2D eigenvalue weighted by Crippen LogP contribution is 2.26. The van der Waals surface area contributed by atoms with E-state index in [0.717, 1.165) is 22.6 Å². The van der Waals surface area contributed by atoms with Gasteiger partial charge < -0.3 is 9.88 Å². The van der Waals surface area contributed by atoms with Crippen molar-refractivity contribution >= 4 is 29.5 Å². The Labute approximate surface area is 183 Å². The van der Waals surface area contributed by atoms with Gasteiger partial charge in [0.2, 0.25) is 0 Å². The third-order valence-corrected chi connectivity index (χ3v) is 5.38. The summed E-state index contributed by atoms with van der Waals surface area (Å²) >= 11 is 11.8. The molecule has 0 atom stereocenters.